The van der Waals surface area contributed by atoms with E-state index in [1.807, 2.05) is 61.7 Å². The average Bonchev–Trinajstić information content (AvgIpc) is 3.04. The van der Waals surface area contributed by atoms with Gasteiger partial charge in [-0.05, 0) is 38.1 Å². The molecule has 0 aliphatic carbocycles. The van der Waals surface area contributed by atoms with Gasteiger partial charge in [0.05, 0.1) is 5.69 Å². The van der Waals surface area contributed by atoms with Crippen molar-refractivity contribution < 1.29 is 4.79 Å². The number of nitrogens with zero attached hydrogens (tertiary/aromatic N) is 2. The lowest BCUT2D eigenvalue weighted by Crippen LogP contribution is -2.34. The largest absolute Gasteiger partial charge is 0.336 e. The minimum Gasteiger partial charge on any atom is -0.336 e. The molecule has 2 amide bonds. The van der Waals surface area contributed by atoms with E-state index in [2.05, 4.69) is 25.9 Å². The lowest BCUT2D eigenvalue weighted by Gasteiger charge is -2.10. The van der Waals surface area contributed by atoms with Gasteiger partial charge in [0.2, 0.25) is 0 Å². The van der Waals surface area contributed by atoms with Gasteiger partial charge in [-0.15, -0.1) is 11.3 Å². The van der Waals surface area contributed by atoms with E-state index in [0.29, 0.717) is 0 Å². The molecule has 25 heavy (non-hydrogen) atoms. The fraction of sp³-hybridized carbons (Fsp3) is 0.167. The summed E-state index contributed by atoms with van der Waals surface area (Å²) in [5.41, 5.74) is 2.60. The Balaban J connectivity index is 1.65. The first kappa shape index (κ1) is 16.9. The van der Waals surface area contributed by atoms with E-state index >= 15 is 0 Å². The van der Waals surface area contributed by atoms with Crippen LogP contribution in [-0.2, 0) is 0 Å². The Hall–Kier alpha value is -2.93. The number of carbonyl (C=O) groups excluding carboxylic acids is 1. The van der Waals surface area contributed by atoms with Crippen LogP contribution >= 0.6 is 11.3 Å². The summed E-state index contributed by atoms with van der Waals surface area (Å²) >= 11 is 1.52. The maximum absolute atomic E-state index is 11.7. The number of carbonyl (C=O) groups is 1. The molecule has 0 spiro atoms. The minimum absolute atomic E-state index is 0.0966. The maximum atomic E-state index is 11.7. The molecule has 0 saturated heterocycles. The number of benzene rings is 1. The molecule has 0 radical (unpaired) electrons. The number of pyridine rings is 1. The highest BCUT2D eigenvalue weighted by Crippen LogP contribution is 2.27. The van der Waals surface area contributed by atoms with E-state index in [0.717, 1.165) is 27.9 Å². The van der Waals surface area contributed by atoms with E-state index in [4.69, 9.17) is 0 Å². The fourth-order valence-corrected chi connectivity index (χ4v) is 2.89. The zero-order chi connectivity index (χ0) is 17.6. The van der Waals surface area contributed by atoms with Gasteiger partial charge >= 0.3 is 6.03 Å². The van der Waals surface area contributed by atoms with Gasteiger partial charge < -0.3 is 16.0 Å². The molecule has 0 unspecified atom stereocenters. The van der Waals surface area contributed by atoms with Crippen LogP contribution in [0.15, 0.2) is 54.0 Å². The molecule has 3 N–H and O–H groups in total. The molecule has 3 rings (SSSR count). The lowest BCUT2D eigenvalue weighted by atomic mass is 10.1. The topological polar surface area (TPSA) is 78.9 Å². The summed E-state index contributed by atoms with van der Waals surface area (Å²) in [6.45, 7) is 3.84. The second-order valence-electron chi connectivity index (χ2n) is 5.71. The quantitative estimate of drug-likeness (QED) is 0.632. The molecule has 2 heterocycles. The van der Waals surface area contributed by atoms with Crippen molar-refractivity contribution in [2.45, 2.75) is 19.9 Å². The van der Waals surface area contributed by atoms with Crippen molar-refractivity contribution in [2.24, 2.45) is 0 Å². The first-order valence-electron chi connectivity index (χ1n) is 7.92. The third-order valence-electron chi connectivity index (χ3n) is 3.26. The summed E-state index contributed by atoms with van der Waals surface area (Å²) in [5, 5.41) is 11.5. The number of rotatable bonds is 5. The van der Waals surface area contributed by atoms with Crippen LogP contribution in [0.4, 0.5) is 21.4 Å². The first-order valence-corrected chi connectivity index (χ1v) is 8.79. The average molecular weight is 353 g/mol. The number of aromatic nitrogens is 2. The van der Waals surface area contributed by atoms with Gasteiger partial charge in [-0.25, -0.2) is 14.8 Å². The van der Waals surface area contributed by atoms with Gasteiger partial charge in [0.15, 0.2) is 5.13 Å². The molecule has 6 nitrogen and oxygen atoms in total. The van der Waals surface area contributed by atoms with Crippen LogP contribution < -0.4 is 16.0 Å². The molecule has 3 aromatic rings. The minimum atomic E-state index is -0.210. The predicted octanol–water partition coefficient (Wildman–Crippen LogP) is 4.48. The van der Waals surface area contributed by atoms with Crippen LogP contribution in [-0.4, -0.2) is 22.0 Å². The van der Waals surface area contributed by atoms with Crippen molar-refractivity contribution in [3.63, 3.8) is 0 Å². The predicted molar refractivity (Wildman–Crippen MR) is 102 cm³/mol. The van der Waals surface area contributed by atoms with E-state index in [-0.39, 0.29) is 12.1 Å². The molecule has 128 valence electrons. The van der Waals surface area contributed by atoms with Crippen LogP contribution in [0.25, 0.3) is 11.3 Å². The van der Waals surface area contributed by atoms with Gasteiger partial charge in [-0.1, -0.05) is 18.2 Å². The van der Waals surface area contributed by atoms with Gasteiger partial charge in [-0.2, -0.15) is 0 Å². The van der Waals surface area contributed by atoms with Crippen molar-refractivity contribution in [3.8, 4) is 11.3 Å². The monoisotopic (exact) mass is 353 g/mol. The van der Waals surface area contributed by atoms with Crippen molar-refractivity contribution in [2.75, 3.05) is 10.6 Å². The zero-order valence-corrected chi connectivity index (χ0v) is 14.8. The second-order valence-corrected chi connectivity index (χ2v) is 6.57. The van der Waals surface area contributed by atoms with E-state index in [1.165, 1.54) is 11.3 Å². The van der Waals surface area contributed by atoms with Crippen LogP contribution in [0.2, 0.25) is 0 Å². The summed E-state index contributed by atoms with van der Waals surface area (Å²) < 4.78 is 0. The van der Waals surface area contributed by atoms with Gasteiger partial charge in [0, 0.05) is 28.9 Å². The standard InChI is InChI=1S/C18H19N5OS/c1-12(2)20-17(24)21-14-8-6-13(7-9-14)15-11-25-18(22-15)23-16-5-3-4-10-19-16/h3-12H,1-2H3,(H,19,22,23)(H2,20,21,24). The highest BCUT2D eigenvalue weighted by Gasteiger charge is 2.07. The number of anilines is 3. The van der Waals surface area contributed by atoms with E-state index in [1.54, 1.807) is 6.20 Å². The van der Waals surface area contributed by atoms with Crippen molar-refractivity contribution in [1.29, 1.82) is 0 Å². The number of thiazole rings is 1. The molecule has 7 heteroatoms. The number of hydrogen-bond donors (Lipinski definition) is 3. The highest BCUT2D eigenvalue weighted by molar-refractivity contribution is 7.14. The van der Waals surface area contributed by atoms with E-state index < -0.39 is 0 Å². The maximum Gasteiger partial charge on any atom is 0.319 e. The Labute approximate surface area is 150 Å². The molecule has 0 fully saturated rings. The molecule has 1 aromatic carbocycles. The molecule has 0 bridgehead atoms. The molecular weight excluding hydrogens is 334 g/mol. The van der Waals surface area contributed by atoms with Crippen LogP contribution in [0.5, 0.6) is 0 Å². The second kappa shape index (κ2) is 7.76. The molecule has 0 saturated carbocycles. The normalized spacial score (nSPS) is 10.5. The summed E-state index contributed by atoms with van der Waals surface area (Å²) in [6, 6.07) is 13.2. The number of amides is 2. The summed E-state index contributed by atoms with van der Waals surface area (Å²) in [5.74, 6) is 0.763. The zero-order valence-electron chi connectivity index (χ0n) is 14.0. The van der Waals surface area contributed by atoms with Crippen molar-refractivity contribution in [1.82, 2.24) is 15.3 Å². The number of nitrogens with one attached hydrogen (secondary N) is 3. The smallest absolute Gasteiger partial charge is 0.319 e. The Morgan fingerprint density at radius 1 is 1.12 bits per heavy atom. The van der Waals surface area contributed by atoms with Crippen LogP contribution in [0.1, 0.15) is 13.8 Å². The highest BCUT2D eigenvalue weighted by atomic mass is 32.1. The molecule has 0 aliphatic heterocycles. The van der Waals surface area contributed by atoms with Crippen LogP contribution in [0, 0.1) is 0 Å². The number of urea groups is 1. The Morgan fingerprint density at radius 3 is 2.60 bits per heavy atom. The Bertz CT molecular complexity index is 830. The SMILES string of the molecule is CC(C)NC(=O)Nc1ccc(-c2csc(Nc3ccccn3)n2)cc1. The third-order valence-corrected chi connectivity index (χ3v) is 4.02. The molecular formula is C18H19N5OS. The fourth-order valence-electron chi connectivity index (χ4n) is 2.16. The van der Waals surface area contributed by atoms with Gasteiger partial charge in [0.25, 0.3) is 0 Å². The molecule has 0 aliphatic rings. The molecule has 0 atom stereocenters. The van der Waals surface area contributed by atoms with Crippen LogP contribution in [0.3, 0.4) is 0 Å². The van der Waals surface area contributed by atoms with Crippen molar-refractivity contribution in [3.05, 3.63) is 54.0 Å². The Morgan fingerprint density at radius 2 is 1.92 bits per heavy atom. The van der Waals surface area contributed by atoms with E-state index in [9.17, 15) is 4.79 Å². The number of hydrogen-bond acceptors (Lipinski definition) is 5. The molecule has 2 aromatic heterocycles. The van der Waals surface area contributed by atoms with Gasteiger partial charge in [-0.3, -0.25) is 0 Å². The van der Waals surface area contributed by atoms with Gasteiger partial charge in [0.1, 0.15) is 5.82 Å². The lowest BCUT2D eigenvalue weighted by molar-refractivity contribution is 0.250. The third kappa shape index (κ3) is 4.77. The summed E-state index contributed by atoms with van der Waals surface area (Å²) in [6.07, 6.45) is 1.73. The van der Waals surface area contributed by atoms with Crippen molar-refractivity contribution >= 4 is 34.0 Å². The first-order chi connectivity index (χ1) is 12.1. The Kier molecular flexibility index (Phi) is 5.25. The summed E-state index contributed by atoms with van der Waals surface area (Å²) in [4.78, 5) is 20.5. The summed E-state index contributed by atoms with van der Waals surface area (Å²) in [7, 11) is 0.